The van der Waals surface area contributed by atoms with E-state index in [1.807, 2.05) is 6.92 Å². The lowest BCUT2D eigenvalue weighted by Gasteiger charge is -2.29. The van der Waals surface area contributed by atoms with Gasteiger partial charge in [0.05, 0.1) is 12.0 Å². The van der Waals surface area contributed by atoms with E-state index in [4.69, 9.17) is 10.4 Å². The standard InChI is InChI=1S/C12H19N3O3/c1-3-14(7-9(2)6-13)12(18)15(8-11(16)17)10-4-5-10/h9-10H,3-5,7-8H2,1-2H3,(H,16,17). The van der Waals surface area contributed by atoms with Gasteiger partial charge in [-0.3, -0.25) is 4.79 Å². The van der Waals surface area contributed by atoms with Gasteiger partial charge in [0.1, 0.15) is 6.54 Å². The molecule has 1 aliphatic carbocycles. The van der Waals surface area contributed by atoms with Crippen molar-refractivity contribution in [1.29, 1.82) is 5.26 Å². The number of urea groups is 1. The first kappa shape index (κ1) is 14.3. The van der Waals surface area contributed by atoms with Crippen molar-refractivity contribution >= 4 is 12.0 Å². The summed E-state index contributed by atoms with van der Waals surface area (Å²) >= 11 is 0. The molecule has 0 aromatic carbocycles. The molecular weight excluding hydrogens is 234 g/mol. The van der Waals surface area contributed by atoms with Crippen molar-refractivity contribution in [3.8, 4) is 6.07 Å². The Morgan fingerprint density at radius 2 is 2.11 bits per heavy atom. The van der Waals surface area contributed by atoms with Crippen LogP contribution < -0.4 is 0 Å². The molecule has 0 radical (unpaired) electrons. The van der Waals surface area contributed by atoms with Crippen LogP contribution in [-0.2, 0) is 4.79 Å². The third-order valence-corrected chi connectivity index (χ3v) is 2.91. The Labute approximate surface area is 107 Å². The maximum Gasteiger partial charge on any atom is 0.323 e. The third kappa shape index (κ3) is 3.91. The van der Waals surface area contributed by atoms with Gasteiger partial charge in [0.25, 0.3) is 0 Å². The number of hydrogen-bond acceptors (Lipinski definition) is 3. The normalized spacial score (nSPS) is 15.6. The summed E-state index contributed by atoms with van der Waals surface area (Å²) in [4.78, 5) is 25.9. The highest BCUT2D eigenvalue weighted by atomic mass is 16.4. The zero-order valence-electron chi connectivity index (χ0n) is 10.8. The quantitative estimate of drug-likeness (QED) is 0.769. The molecule has 2 amide bonds. The van der Waals surface area contributed by atoms with Gasteiger partial charge < -0.3 is 14.9 Å². The van der Waals surface area contributed by atoms with E-state index in [1.165, 1.54) is 9.80 Å². The molecule has 1 unspecified atom stereocenters. The Hall–Kier alpha value is -1.77. The Kier molecular flexibility index (Phi) is 4.95. The first-order valence-corrected chi connectivity index (χ1v) is 6.16. The zero-order valence-corrected chi connectivity index (χ0v) is 10.8. The van der Waals surface area contributed by atoms with Crippen LogP contribution in [0.4, 0.5) is 4.79 Å². The molecule has 1 fully saturated rings. The van der Waals surface area contributed by atoms with Gasteiger partial charge in [-0.25, -0.2) is 4.79 Å². The molecule has 0 heterocycles. The molecule has 1 N–H and O–H groups in total. The minimum absolute atomic E-state index is 0.0556. The van der Waals surface area contributed by atoms with Gasteiger partial charge in [-0.15, -0.1) is 0 Å². The summed E-state index contributed by atoms with van der Waals surface area (Å²) < 4.78 is 0. The van der Waals surface area contributed by atoms with E-state index >= 15 is 0 Å². The Balaban J connectivity index is 2.67. The van der Waals surface area contributed by atoms with Crippen LogP contribution in [0.25, 0.3) is 0 Å². The summed E-state index contributed by atoms with van der Waals surface area (Å²) in [5.41, 5.74) is 0. The molecule has 6 heteroatoms. The number of carboxylic acids is 1. The summed E-state index contributed by atoms with van der Waals surface area (Å²) in [5, 5.41) is 17.6. The van der Waals surface area contributed by atoms with Crippen LogP contribution in [0.1, 0.15) is 26.7 Å². The lowest BCUT2D eigenvalue weighted by molar-refractivity contribution is -0.137. The molecule has 0 aliphatic heterocycles. The van der Waals surface area contributed by atoms with Gasteiger partial charge in [0.15, 0.2) is 0 Å². The van der Waals surface area contributed by atoms with E-state index in [1.54, 1.807) is 6.92 Å². The van der Waals surface area contributed by atoms with Crippen molar-refractivity contribution in [3.63, 3.8) is 0 Å². The Bertz CT molecular complexity index is 360. The molecule has 6 nitrogen and oxygen atoms in total. The molecule has 1 aliphatic rings. The van der Waals surface area contributed by atoms with Gasteiger partial charge in [0, 0.05) is 19.1 Å². The summed E-state index contributed by atoms with van der Waals surface area (Å²) in [5.74, 6) is -1.25. The second-order valence-corrected chi connectivity index (χ2v) is 4.60. The van der Waals surface area contributed by atoms with E-state index in [-0.39, 0.29) is 24.5 Å². The minimum atomic E-state index is -1.00. The molecule has 0 aromatic rings. The largest absolute Gasteiger partial charge is 0.480 e. The first-order chi connectivity index (χ1) is 8.49. The van der Waals surface area contributed by atoms with Crippen LogP contribution in [0.5, 0.6) is 0 Å². The van der Waals surface area contributed by atoms with Gasteiger partial charge in [-0.1, -0.05) is 0 Å². The van der Waals surface area contributed by atoms with Crippen LogP contribution in [0.3, 0.4) is 0 Å². The maximum absolute atomic E-state index is 12.2. The smallest absolute Gasteiger partial charge is 0.323 e. The van der Waals surface area contributed by atoms with Crippen LogP contribution in [0.15, 0.2) is 0 Å². The molecule has 1 saturated carbocycles. The van der Waals surface area contributed by atoms with Crippen molar-refractivity contribution in [2.24, 2.45) is 5.92 Å². The molecule has 0 spiro atoms. The second-order valence-electron chi connectivity index (χ2n) is 4.60. The minimum Gasteiger partial charge on any atom is -0.480 e. The first-order valence-electron chi connectivity index (χ1n) is 6.16. The van der Waals surface area contributed by atoms with Crippen LogP contribution in [0.2, 0.25) is 0 Å². The molecule has 100 valence electrons. The van der Waals surface area contributed by atoms with Gasteiger partial charge in [0.2, 0.25) is 0 Å². The lowest BCUT2D eigenvalue weighted by atomic mass is 10.2. The van der Waals surface area contributed by atoms with E-state index in [9.17, 15) is 9.59 Å². The number of amides is 2. The van der Waals surface area contributed by atoms with Crippen LogP contribution >= 0.6 is 0 Å². The summed E-state index contributed by atoms with van der Waals surface area (Å²) in [6.07, 6.45) is 1.73. The van der Waals surface area contributed by atoms with Gasteiger partial charge >= 0.3 is 12.0 Å². The van der Waals surface area contributed by atoms with E-state index < -0.39 is 5.97 Å². The number of carboxylic acid groups (broad SMARTS) is 1. The van der Waals surface area contributed by atoms with E-state index in [2.05, 4.69) is 6.07 Å². The average molecular weight is 253 g/mol. The molecule has 1 rings (SSSR count). The van der Waals surface area contributed by atoms with Crippen molar-refractivity contribution in [2.75, 3.05) is 19.6 Å². The van der Waals surface area contributed by atoms with Gasteiger partial charge in [-0.05, 0) is 26.7 Å². The average Bonchev–Trinajstić information content (AvgIpc) is 3.15. The fraction of sp³-hybridized carbons (Fsp3) is 0.750. The molecule has 0 saturated heterocycles. The highest BCUT2D eigenvalue weighted by molar-refractivity contribution is 5.80. The fourth-order valence-electron chi connectivity index (χ4n) is 1.78. The van der Waals surface area contributed by atoms with E-state index in [0.29, 0.717) is 13.1 Å². The third-order valence-electron chi connectivity index (χ3n) is 2.91. The molecular formula is C12H19N3O3. The number of nitrogens with zero attached hydrogens (tertiary/aromatic N) is 3. The van der Waals surface area contributed by atoms with Crippen LogP contribution in [0, 0.1) is 17.2 Å². The number of hydrogen-bond donors (Lipinski definition) is 1. The highest BCUT2D eigenvalue weighted by Gasteiger charge is 2.35. The Morgan fingerprint density at radius 1 is 1.50 bits per heavy atom. The highest BCUT2D eigenvalue weighted by Crippen LogP contribution is 2.27. The predicted molar refractivity (Wildman–Crippen MR) is 64.8 cm³/mol. The molecule has 18 heavy (non-hydrogen) atoms. The monoisotopic (exact) mass is 253 g/mol. The summed E-state index contributed by atoms with van der Waals surface area (Å²) in [6, 6.07) is 1.86. The maximum atomic E-state index is 12.2. The predicted octanol–water partition coefficient (Wildman–Crippen LogP) is 1.14. The van der Waals surface area contributed by atoms with Crippen LogP contribution in [-0.4, -0.2) is 52.6 Å². The summed E-state index contributed by atoms with van der Waals surface area (Å²) in [6.45, 7) is 4.13. The lowest BCUT2D eigenvalue weighted by Crippen LogP contribution is -2.47. The van der Waals surface area contributed by atoms with Crippen molar-refractivity contribution in [3.05, 3.63) is 0 Å². The molecule has 0 aromatic heterocycles. The number of aliphatic carboxylic acids is 1. The zero-order chi connectivity index (χ0) is 13.7. The number of carbonyl (C=O) groups is 2. The SMILES string of the molecule is CCN(CC(C)C#N)C(=O)N(CC(=O)O)C1CC1. The van der Waals surface area contributed by atoms with Crippen molar-refractivity contribution < 1.29 is 14.7 Å². The second kappa shape index (κ2) is 6.24. The van der Waals surface area contributed by atoms with E-state index in [0.717, 1.165) is 12.8 Å². The number of carbonyl (C=O) groups excluding carboxylic acids is 1. The van der Waals surface area contributed by atoms with Crippen molar-refractivity contribution in [1.82, 2.24) is 9.80 Å². The number of rotatable bonds is 6. The molecule has 0 bridgehead atoms. The number of nitriles is 1. The van der Waals surface area contributed by atoms with Crippen molar-refractivity contribution in [2.45, 2.75) is 32.7 Å². The Morgan fingerprint density at radius 3 is 2.50 bits per heavy atom. The fourth-order valence-corrected chi connectivity index (χ4v) is 1.78. The summed E-state index contributed by atoms with van der Waals surface area (Å²) in [7, 11) is 0. The topological polar surface area (TPSA) is 84.6 Å². The molecule has 1 atom stereocenters. The van der Waals surface area contributed by atoms with Gasteiger partial charge in [-0.2, -0.15) is 5.26 Å².